The second-order valence-electron chi connectivity index (χ2n) is 8.06. The summed E-state index contributed by atoms with van der Waals surface area (Å²) in [5, 5.41) is 23.8. The first-order chi connectivity index (χ1) is 12.8. The van der Waals surface area contributed by atoms with Gasteiger partial charge in [-0.1, -0.05) is 13.8 Å². The van der Waals surface area contributed by atoms with Crippen LogP contribution in [0.4, 0.5) is 4.39 Å². The highest BCUT2D eigenvalue weighted by Gasteiger charge is 2.26. The Labute approximate surface area is 164 Å². The summed E-state index contributed by atoms with van der Waals surface area (Å²) in [6.07, 6.45) is 0.169. The van der Waals surface area contributed by atoms with Gasteiger partial charge in [-0.15, -0.1) is 0 Å². The molecular weight excluding hydrogens is 365 g/mol. The monoisotopic (exact) mass is 393 g/mol. The van der Waals surface area contributed by atoms with Gasteiger partial charge in [0.1, 0.15) is 5.82 Å². The molecule has 0 unspecified atom stereocenters. The van der Waals surface area contributed by atoms with E-state index in [2.05, 4.69) is 10.6 Å². The van der Waals surface area contributed by atoms with Crippen LogP contribution in [0.2, 0.25) is 0 Å². The lowest BCUT2D eigenvalue weighted by atomic mass is 9.90. The molecule has 0 aliphatic carbocycles. The summed E-state index contributed by atoms with van der Waals surface area (Å²) in [7, 11) is 0. The molecule has 0 heterocycles. The molecule has 3 N–H and O–H groups in total. The fraction of sp³-hybridized carbons (Fsp3) is 0.550. The topological polar surface area (TPSA) is 111 Å². The number of halogens is 1. The third kappa shape index (κ3) is 8.46. The van der Waals surface area contributed by atoms with Gasteiger partial charge in [0.15, 0.2) is 5.79 Å². The van der Waals surface area contributed by atoms with Crippen molar-refractivity contribution in [3.05, 3.63) is 35.1 Å². The zero-order chi connectivity index (χ0) is 21.5. The van der Waals surface area contributed by atoms with Crippen LogP contribution < -0.4 is 10.6 Å². The van der Waals surface area contributed by atoms with E-state index in [1.54, 1.807) is 6.92 Å². The highest BCUT2D eigenvalue weighted by molar-refractivity contribution is 5.95. The first kappa shape index (κ1) is 23.5. The Bertz CT molecular complexity index is 751. The summed E-state index contributed by atoms with van der Waals surface area (Å²) in [6, 6.07) is 4.95. The molecule has 0 aliphatic rings. The van der Waals surface area contributed by atoms with Gasteiger partial charge < -0.3 is 20.5 Å². The fourth-order valence-electron chi connectivity index (χ4n) is 2.31. The minimum absolute atomic E-state index is 0.159. The van der Waals surface area contributed by atoms with E-state index in [9.17, 15) is 19.1 Å². The molecule has 2 amide bonds. The van der Waals surface area contributed by atoms with Crippen molar-refractivity contribution in [1.29, 1.82) is 5.26 Å². The summed E-state index contributed by atoms with van der Waals surface area (Å²) in [5.41, 5.74) is -0.526. The van der Waals surface area contributed by atoms with Crippen molar-refractivity contribution in [3.63, 3.8) is 0 Å². The van der Waals surface area contributed by atoms with Crippen molar-refractivity contribution in [1.82, 2.24) is 10.6 Å². The van der Waals surface area contributed by atoms with E-state index in [0.29, 0.717) is 0 Å². The van der Waals surface area contributed by atoms with Crippen LogP contribution in [0.25, 0.3) is 0 Å². The minimum atomic E-state index is -1.27. The molecule has 1 atom stereocenters. The molecule has 154 valence electrons. The fourth-order valence-corrected chi connectivity index (χ4v) is 2.31. The highest BCUT2D eigenvalue weighted by atomic mass is 19.1. The van der Waals surface area contributed by atoms with Crippen LogP contribution in [0.1, 0.15) is 57.0 Å². The molecule has 1 aromatic rings. The second-order valence-corrected chi connectivity index (χ2v) is 8.06. The molecule has 28 heavy (non-hydrogen) atoms. The largest absolute Gasteiger partial charge is 0.366 e. The van der Waals surface area contributed by atoms with Gasteiger partial charge in [-0.05, 0) is 44.4 Å². The number of aliphatic hydroxyl groups is 1. The maximum absolute atomic E-state index is 13.8. The molecule has 0 fully saturated rings. The Kier molecular flexibility index (Phi) is 8.09. The number of nitriles is 1. The minimum Gasteiger partial charge on any atom is -0.366 e. The zero-order valence-electron chi connectivity index (χ0n) is 16.9. The number of rotatable bonds is 9. The number of carbonyl (C=O) groups excluding carboxylic acids is 2. The van der Waals surface area contributed by atoms with Gasteiger partial charge in [0.25, 0.3) is 5.91 Å². The summed E-state index contributed by atoms with van der Waals surface area (Å²) in [5.74, 6) is -2.88. The Morgan fingerprint density at radius 3 is 2.54 bits per heavy atom. The molecule has 7 nitrogen and oxygen atoms in total. The molecule has 1 aromatic carbocycles. The Hall–Kier alpha value is -2.50. The SMILES string of the molecule is C[C@@H](CNC(=O)CC(C)(C)COC(C)(C)O)NC(=O)c1cc(C#N)ccc1F. The summed E-state index contributed by atoms with van der Waals surface area (Å²) >= 11 is 0. The lowest BCUT2D eigenvalue weighted by Gasteiger charge is -2.28. The lowest BCUT2D eigenvalue weighted by molar-refractivity contribution is -0.192. The van der Waals surface area contributed by atoms with E-state index in [4.69, 9.17) is 10.00 Å². The molecule has 0 spiro atoms. The van der Waals surface area contributed by atoms with Crippen LogP contribution in [0, 0.1) is 22.6 Å². The van der Waals surface area contributed by atoms with Crippen molar-refractivity contribution in [3.8, 4) is 6.07 Å². The van der Waals surface area contributed by atoms with Crippen LogP contribution in [0.3, 0.4) is 0 Å². The van der Waals surface area contributed by atoms with Gasteiger partial charge in [-0.3, -0.25) is 9.59 Å². The van der Waals surface area contributed by atoms with Crippen LogP contribution in [0.5, 0.6) is 0 Å². The van der Waals surface area contributed by atoms with E-state index in [1.165, 1.54) is 26.0 Å². The number of benzene rings is 1. The van der Waals surface area contributed by atoms with E-state index in [-0.39, 0.29) is 36.6 Å². The second kappa shape index (κ2) is 9.62. The smallest absolute Gasteiger partial charge is 0.254 e. The van der Waals surface area contributed by atoms with E-state index < -0.39 is 29.0 Å². The van der Waals surface area contributed by atoms with Gasteiger partial charge in [0.2, 0.25) is 5.91 Å². The molecule has 0 aromatic heterocycles. The number of nitrogens with one attached hydrogen (secondary N) is 2. The van der Waals surface area contributed by atoms with Crippen molar-refractivity contribution >= 4 is 11.8 Å². The Morgan fingerprint density at radius 2 is 1.96 bits per heavy atom. The first-order valence-corrected chi connectivity index (χ1v) is 8.96. The van der Waals surface area contributed by atoms with Crippen molar-refractivity contribution in [2.45, 2.75) is 52.9 Å². The number of amides is 2. The molecule has 0 radical (unpaired) electrons. The number of hydrogen-bond donors (Lipinski definition) is 3. The van der Waals surface area contributed by atoms with Gasteiger partial charge in [0.05, 0.1) is 23.8 Å². The van der Waals surface area contributed by atoms with E-state index >= 15 is 0 Å². The van der Waals surface area contributed by atoms with E-state index in [1.807, 2.05) is 19.9 Å². The Morgan fingerprint density at radius 1 is 1.32 bits per heavy atom. The van der Waals surface area contributed by atoms with Gasteiger partial charge in [-0.2, -0.15) is 5.26 Å². The average molecular weight is 393 g/mol. The molecule has 0 saturated heterocycles. The summed E-state index contributed by atoms with van der Waals surface area (Å²) in [4.78, 5) is 24.3. The third-order valence-corrected chi connectivity index (χ3v) is 3.78. The third-order valence-electron chi connectivity index (χ3n) is 3.78. The average Bonchev–Trinajstić information content (AvgIpc) is 2.58. The Balaban J connectivity index is 2.51. The predicted octanol–water partition coefficient (Wildman–Crippen LogP) is 2.09. The molecule has 1 rings (SSSR count). The lowest BCUT2D eigenvalue weighted by Crippen LogP contribution is -2.43. The van der Waals surface area contributed by atoms with Crippen molar-refractivity contribution < 1.29 is 23.8 Å². The summed E-state index contributed by atoms with van der Waals surface area (Å²) in [6.45, 7) is 8.75. The predicted molar refractivity (Wildman–Crippen MR) is 102 cm³/mol. The maximum Gasteiger partial charge on any atom is 0.254 e. The first-order valence-electron chi connectivity index (χ1n) is 8.96. The summed E-state index contributed by atoms with van der Waals surface area (Å²) < 4.78 is 19.1. The van der Waals surface area contributed by atoms with Gasteiger partial charge >= 0.3 is 0 Å². The number of carbonyl (C=O) groups is 2. The molecule has 0 saturated carbocycles. The van der Waals surface area contributed by atoms with Crippen molar-refractivity contribution in [2.75, 3.05) is 13.2 Å². The highest BCUT2D eigenvalue weighted by Crippen LogP contribution is 2.22. The quantitative estimate of drug-likeness (QED) is 0.556. The standard InChI is InChI=1S/C20H28FN3O4/c1-13(24-18(26)15-8-14(10-22)6-7-16(15)21)11-23-17(25)9-19(2,3)12-28-20(4,5)27/h6-8,13,27H,9,11-12H2,1-5H3,(H,23,25)(H,24,26)/t13-/m0/s1. The van der Waals surface area contributed by atoms with Crippen molar-refractivity contribution in [2.24, 2.45) is 5.41 Å². The van der Waals surface area contributed by atoms with Gasteiger partial charge in [-0.25, -0.2) is 4.39 Å². The number of ether oxygens (including phenoxy) is 1. The number of hydrogen-bond acceptors (Lipinski definition) is 5. The van der Waals surface area contributed by atoms with Crippen LogP contribution in [-0.4, -0.2) is 41.9 Å². The van der Waals surface area contributed by atoms with Crippen LogP contribution in [-0.2, 0) is 9.53 Å². The maximum atomic E-state index is 13.8. The van der Waals surface area contributed by atoms with Crippen LogP contribution >= 0.6 is 0 Å². The number of nitrogens with zero attached hydrogens (tertiary/aromatic N) is 1. The molecule has 0 aliphatic heterocycles. The molecule has 8 heteroatoms. The van der Waals surface area contributed by atoms with E-state index in [0.717, 1.165) is 6.07 Å². The zero-order valence-corrected chi connectivity index (χ0v) is 16.9. The van der Waals surface area contributed by atoms with Gasteiger partial charge in [0, 0.05) is 19.0 Å². The van der Waals surface area contributed by atoms with Crippen LogP contribution in [0.15, 0.2) is 18.2 Å². The normalized spacial score (nSPS) is 12.8. The molecule has 0 bridgehead atoms. The molecular formula is C20H28FN3O4.